The zero-order valence-electron chi connectivity index (χ0n) is 9.80. The van der Waals surface area contributed by atoms with Crippen LogP contribution in [0.15, 0.2) is 18.3 Å². The number of aromatic nitrogens is 1. The SMILES string of the molecule is CCn1cccc1C(=O)N(CC(=O)O)C1CC1. The van der Waals surface area contributed by atoms with Crippen molar-refractivity contribution in [2.75, 3.05) is 6.54 Å². The van der Waals surface area contributed by atoms with Crippen molar-refractivity contribution >= 4 is 11.9 Å². The van der Waals surface area contributed by atoms with Gasteiger partial charge in [0, 0.05) is 18.8 Å². The molecule has 17 heavy (non-hydrogen) atoms. The van der Waals surface area contributed by atoms with Crippen LogP contribution in [0.2, 0.25) is 0 Å². The van der Waals surface area contributed by atoms with E-state index >= 15 is 0 Å². The average Bonchev–Trinajstić information content (AvgIpc) is 3.02. The molecule has 1 heterocycles. The van der Waals surface area contributed by atoms with Gasteiger partial charge in [0.1, 0.15) is 12.2 Å². The van der Waals surface area contributed by atoms with Gasteiger partial charge in [-0.3, -0.25) is 9.59 Å². The summed E-state index contributed by atoms with van der Waals surface area (Å²) < 4.78 is 1.83. The third kappa shape index (κ3) is 2.49. The molecular weight excluding hydrogens is 220 g/mol. The van der Waals surface area contributed by atoms with Gasteiger partial charge in [0.25, 0.3) is 5.91 Å². The van der Waals surface area contributed by atoms with Crippen molar-refractivity contribution in [2.24, 2.45) is 0 Å². The maximum Gasteiger partial charge on any atom is 0.323 e. The van der Waals surface area contributed by atoms with Gasteiger partial charge < -0.3 is 14.6 Å². The summed E-state index contributed by atoms with van der Waals surface area (Å²) in [5.41, 5.74) is 0.570. The topological polar surface area (TPSA) is 62.5 Å². The van der Waals surface area contributed by atoms with Gasteiger partial charge >= 0.3 is 5.97 Å². The second-order valence-electron chi connectivity index (χ2n) is 4.24. The highest BCUT2D eigenvalue weighted by molar-refractivity contribution is 5.95. The maximum absolute atomic E-state index is 12.2. The van der Waals surface area contributed by atoms with Crippen LogP contribution in [0.5, 0.6) is 0 Å². The van der Waals surface area contributed by atoms with E-state index in [0.717, 1.165) is 12.8 Å². The van der Waals surface area contributed by atoms with E-state index < -0.39 is 5.97 Å². The van der Waals surface area contributed by atoms with Gasteiger partial charge in [-0.05, 0) is 31.9 Å². The second-order valence-corrected chi connectivity index (χ2v) is 4.24. The highest BCUT2D eigenvalue weighted by Gasteiger charge is 2.35. The molecule has 0 spiro atoms. The molecule has 0 atom stereocenters. The fourth-order valence-corrected chi connectivity index (χ4v) is 1.93. The minimum Gasteiger partial charge on any atom is -0.480 e. The maximum atomic E-state index is 12.2. The molecule has 0 bridgehead atoms. The first-order valence-electron chi connectivity index (χ1n) is 5.81. The molecule has 1 N–H and O–H groups in total. The average molecular weight is 236 g/mol. The summed E-state index contributed by atoms with van der Waals surface area (Å²) in [7, 11) is 0. The third-order valence-corrected chi connectivity index (χ3v) is 2.94. The Morgan fingerprint density at radius 1 is 1.53 bits per heavy atom. The van der Waals surface area contributed by atoms with Crippen LogP contribution < -0.4 is 0 Å². The first-order chi connectivity index (χ1) is 8.13. The van der Waals surface area contributed by atoms with Gasteiger partial charge in [0.15, 0.2) is 0 Å². The van der Waals surface area contributed by atoms with Crippen LogP contribution in [-0.2, 0) is 11.3 Å². The molecule has 1 aromatic heterocycles. The zero-order chi connectivity index (χ0) is 12.4. The summed E-state index contributed by atoms with van der Waals surface area (Å²) in [6.45, 7) is 2.45. The first kappa shape index (κ1) is 11.7. The number of amides is 1. The van der Waals surface area contributed by atoms with E-state index in [0.29, 0.717) is 12.2 Å². The van der Waals surface area contributed by atoms with Crippen LogP contribution in [0.25, 0.3) is 0 Å². The highest BCUT2D eigenvalue weighted by atomic mass is 16.4. The van der Waals surface area contributed by atoms with Crippen LogP contribution in [0.3, 0.4) is 0 Å². The van der Waals surface area contributed by atoms with E-state index in [1.54, 1.807) is 6.07 Å². The lowest BCUT2D eigenvalue weighted by Crippen LogP contribution is -2.38. The van der Waals surface area contributed by atoms with E-state index in [4.69, 9.17) is 5.11 Å². The third-order valence-electron chi connectivity index (χ3n) is 2.94. The molecule has 0 aliphatic heterocycles. The molecule has 5 nitrogen and oxygen atoms in total. The van der Waals surface area contributed by atoms with E-state index in [1.165, 1.54) is 4.90 Å². The van der Waals surface area contributed by atoms with E-state index in [1.807, 2.05) is 23.8 Å². The van der Waals surface area contributed by atoms with E-state index in [-0.39, 0.29) is 18.5 Å². The molecule has 1 saturated carbocycles. The number of carbonyl (C=O) groups is 2. The Morgan fingerprint density at radius 3 is 2.76 bits per heavy atom. The summed E-state index contributed by atoms with van der Waals surface area (Å²) in [5.74, 6) is -1.14. The molecular formula is C12H16N2O3. The molecule has 0 unspecified atom stereocenters. The molecule has 1 aliphatic carbocycles. The lowest BCUT2D eigenvalue weighted by molar-refractivity contribution is -0.137. The molecule has 1 aliphatic rings. The number of aliphatic carboxylic acids is 1. The molecule has 0 saturated heterocycles. The van der Waals surface area contributed by atoms with Gasteiger partial charge in [-0.25, -0.2) is 0 Å². The van der Waals surface area contributed by atoms with E-state index in [9.17, 15) is 9.59 Å². The summed E-state index contributed by atoms with van der Waals surface area (Å²) in [4.78, 5) is 24.5. The fraction of sp³-hybridized carbons (Fsp3) is 0.500. The van der Waals surface area contributed by atoms with Crippen molar-refractivity contribution in [1.29, 1.82) is 0 Å². The van der Waals surface area contributed by atoms with Crippen LogP contribution in [-0.4, -0.2) is 39.0 Å². The smallest absolute Gasteiger partial charge is 0.323 e. The number of carboxylic acids is 1. The number of carbonyl (C=O) groups excluding carboxylic acids is 1. The van der Waals surface area contributed by atoms with Gasteiger partial charge in [-0.1, -0.05) is 0 Å². The number of rotatable bonds is 5. The van der Waals surface area contributed by atoms with Crippen molar-refractivity contribution in [3.63, 3.8) is 0 Å². The largest absolute Gasteiger partial charge is 0.480 e. The van der Waals surface area contributed by atoms with Crippen LogP contribution in [0, 0.1) is 0 Å². The minimum absolute atomic E-state index is 0.110. The molecule has 0 radical (unpaired) electrons. The van der Waals surface area contributed by atoms with E-state index in [2.05, 4.69) is 0 Å². The molecule has 5 heteroatoms. The van der Waals surface area contributed by atoms with Crippen molar-refractivity contribution < 1.29 is 14.7 Å². The lowest BCUT2D eigenvalue weighted by atomic mass is 10.3. The first-order valence-corrected chi connectivity index (χ1v) is 5.81. The molecule has 1 aromatic rings. The predicted octanol–water partition coefficient (Wildman–Crippen LogP) is 1.20. The Morgan fingerprint density at radius 2 is 2.24 bits per heavy atom. The van der Waals surface area contributed by atoms with Crippen LogP contribution in [0.4, 0.5) is 0 Å². The minimum atomic E-state index is -0.958. The summed E-state index contributed by atoms with van der Waals surface area (Å²) in [6, 6.07) is 3.66. The molecule has 1 fully saturated rings. The van der Waals surface area contributed by atoms with Gasteiger partial charge in [-0.2, -0.15) is 0 Å². The Balaban J connectivity index is 2.18. The molecule has 0 aromatic carbocycles. The number of carboxylic acid groups (broad SMARTS) is 1. The summed E-state index contributed by atoms with van der Waals surface area (Å²) >= 11 is 0. The quantitative estimate of drug-likeness (QED) is 0.835. The molecule has 2 rings (SSSR count). The monoisotopic (exact) mass is 236 g/mol. The number of hydrogen-bond donors (Lipinski definition) is 1. The van der Waals surface area contributed by atoms with Crippen molar-refractivity contribution in [2.45, 2.75) is 32.4 Å². The summed E-state index contributed by atoms with van der Waals surface area (Å²) in [5, 5.41) is 8.83. The second kappa shape index (κ2) is 4.61. The number of aryl methyl sites for hydroxylation is 1. The number of hydrogen-bond acceptors (Lipinski definition) is 2. The van der Waals surface area contributed by atoms with Crippen molar-refractivity contribution in [3.8, 4) is 0 Å². The van der Waals surface area contributed by atoms with Crippen LogP contribution >= 0.6 is 0 Å². The van der Waals surface area contributed by atoms with Crippen molar-refractivity contribution in [3.05, 3.63) is 24.0 Å². The fourth-order valence-electron chi connectivity index (χ4n) is 1.93. The Bertz CT molecular complexity index is 435. The summed E-state index contributed by atoms with van der Waals surface area (Å²) in [6.07, 6.45) is 3.65. The standard InChI is InChI=1S/C12H16N2O3/c1-2-13-7-3-4-10(13)12(17)14(8-11(15)16)9-5-6-9/h3-4,7,9H,2,5-6,8H2,1H3,(H,15,16). The Hall–Kier alpha value is -1.78. The molecule has 1 amide bonds. The zero-order valence-corrected chi connectivity index (χ0v) is 9.80. The highest BCUT2D eigenvalue weighted by Crippen LogP contribution is 2.28. The lowest BCUT2D eigenvalue weighted by Gasteiger charge is -2.20. The van der Waals surface area contributed by atoms with Gasteiger partial charge in [0.05, 0.1) is 0 Å². The van der Waals surface area contributed by atoms with Crippen molar-refractivity contribution in [1.82, 2.24) is 9.47 Å². The van der Waals surface area contributed by atoms with Gasteiger partial charge in [-0.15, -0.1) is 0 Å². The molecule has 92 valence electrons. The normalized spacial score (nSPS) is 14.6. The predicted molar refractivity (Wildman–Crippen MR) is 61.8 cm³/mol. The number of nitrogens with zero attached hydrogens (tertiary/aromatic N) is 2. The van der Waals surface area contributed by atoms with Crippen LogP contribution in [0.1, 0.15) is 30.3 Å². The Labute approximate surface area is 99.6 Å². The Kier molecular flexibility index (Phi) is 3.17. The van der Waals surface area contributed by atoms with Gasteiger partial charge in [0.2, 0.25) is 0 Å².